The SMILES string of the molecule is CN(c1ccc(F)cc1)C(CC(N)C(F)(F)F)/N=C(/NC(=O)c1ccc(Cl)cc1)Nc1cc(F)cc(Cl)c1. The lowest BCUT2D eigenvalue weighted by Crippen LogP contribution is -2.46. The number of hydrogen-bond donors (Lipinski definition) is 3. The van der Waals surface area contributed by atoms with Crippen LogP contribution in [0.2, 0.25) is 10.0 Å². The van der Waals surface area contributed by atoms with Crippen molar-refractivity contribution < 1.29 is 26.7 Å². The molecule has 13 heteroatoms. The maximum atomic E-state index is 13.9. The predicted molar refractivity (Wildman–Crippen MR) is 139 cm³/mol. The van der Waals surface area contributed by atoms with E-state index < -0.39 is 42.3 Å². The minimum Gasteiger partial charge on any atom is -0.353 e. The van der Waals surface area contributed by atoms with Crippen LogP contribution < -0.4 is 21.3 Å². The van der Waals surface area contributed by atoms with Gasteiger partial charge in [-0.05, 0) is 66.7 Å². The molecule has 38 heavy (non-hydrogen) atoms. The Morgan fingerprint density at radius 2 is 1.61 bits per heavy atom. The number of benzene rings is 3. The number of nitrogens with two attached hydrogens (primary N) is 1. The quantitative estimate of drug-likeness (QED) is 0.178. The normalized spacial score (nSPS) is 13.6. The Morgan fingerprint density at radius 3 is 2.18 bits per heavy atom. The molecule has 6 nitrogen and oxygen atoms in total. The highest BCUT2D eigenvalue weighted by atomic mass is 35.5. The lowest BCUT2D eigenvalue weighted by Gasteiger charge is -2.30. The van der Waals surface area contributed by atoms with E-state index in [1.54, 1.807) is 0 Å². The Morgan fingerprint density at radius 1 is 0.974 bits per heavy atom. The molecular formula is C25H22Cl2F5N5O. The first-order valence-electron chi connectivity index (χ1n) is 11.0. The summed E-state index contributed by atoms with van der Waals surface area (Å²) in [7, 11) is 1.43. The molecule has 0 aromatic heterocycles. The fourth-order valence-electron chi connectivity index (χ4n) is 3.29. The summed E-state index contributed by atoms with van der Waals surface area (Å²) in [6.07, 6.45) is -6.79. The van der Waals surface area contributed by atoms with E-state index in [9.17, 15) is 26.7 Å². The van der Waals surface area contributed by atoms with Crippen LogP contribution in [0.1, 0.15) is 16.8 Å². The first-order chi connectivity index (χ1) is 17.8. The number of carbonyl (C=O) groups excluding carboxylic acids is 1. The summed E-state index contributed by atoms with van der Waals surface area (Å²) in [5.41, 5.74) is 5.95. The zero-order valence-corrected chi connectivity index (χ0v) is 21.3. The van der Waals surface area contributed by atoms with Gasteiger partial charge in [0.1, 0.15) is 23.8 Å². The highest BCUT2D eigenvalue weighted by Crippen LogP contribution is 2.26. The van der Waals surface area contributed by atoms with Crippen LogP contribution >= 0.6 is 23.2 Å². The Balaban J connectivity index is 2.03. The fraction of sp³-hybridized carbons (Fsp3) is 0.200. The van der Waals surface area contributed by atoms with Crippen molar-refractivity contribution in [3.05, 3.63) is 94.0 Å². The molecule has 0 spiro atoms. The number of rotatable bonds is 7. The second kappa shape index (κ2) is 12.4. The molecule has 0 fully saturated rings. The van der Waals surface area contributed by atoms with Crippen molar-refractivity contribution >= 4 is 46.4 Å². The number of halogens is 7. The number of anilines is 2. The molecule has 0 heterocycles. The fourth-order valence-corrected chi connectivity index (χ4v) is 3.64. The third-order valence-corrected chi connectivity index (χ3v) is 5.78. The topological polar surface area (TPSA) is 82.8 Å². The van der Waals surface area contributed by atoms with Gasteiger partial charge in [-0.3, -0.25) is 10.1 Å². The number of amides is 1. The average molecular weight is 574 g/mol. The van der Waals surface area contributed by atoms with Crippen LogP contribution in [0.5, 0.6) is 0 Å². The molecular weight excluding hydrogens is 552 g/mol. The van der Waals surface area contributed by atoms with Gasteiger partial charge in [0.15, 0.2) is 0 Å². The van der Waals surface area contributed by atoms with Gasteiger partial charge >= 0.3 is 6.18 Å². The van der Waals surface area contributed by atoms with Crippen LogP contribution in [0.3, 0.4) is 0 Å². The molecule has 0 radical (unpaired) electrons. The minimum atomic E-state index is -4.74. The monoisotopic (exact) mass is 573 g/mol. The average Bonchev–Trinajstić information content (AvgIpc) is 2.82. The van der Waals surface area contributed by atoms with Crippen molar-refractivity contribution in [1.29, 1.82) is 0 Å². The molecule has 2 atom stereocenters. The summed E-state index contributed by atoms with van der Waals surface area (Å²) < 4.78 is 67.5. The van der Waals surface area contributed by atoms with E-state index in [4.69, 9.17) is 28.9 Å². The van der Waals surface area contributed by atoms with Gasteiger partial charge in [0.2, 0.25) is 5.96 Å². The minimum absolute atomic E-state index is 0.0231. The molecule has 0 aliphatic rings. The van der Waals surface area contributed by atoms with Crippen molar-refractivity contribution in [2.45, 2.75) is 24.8 Å². The maximum absolute atomic E-state index is 13.9. The van der Waals surface area contributed by atoms with Gasteiger partial charge in [0.05, 0.1) is 0 Å². The Kier molecular flexibility index (Phi) is 9.53. The van der Waals surface area contributed by atoms with E-state index >= 15 is 0 Å². The molecule has 3 aromatic rings. The van der Waals surface area contributed by atoms with E-state index in [1.807, 2.05) is 0 Å². The molecule has 3 aromatic carbocycles. The van der Waals surface area contributed by atoms with Gasteiger partial charge in [-0.25, -0.2) is 13.8 Å². The molecule has 3 rings (SSSR count). The highest BCUT2D eigenvalue weighted by molar-refractivity contribution is 6.31. The van der Waals surface area contributed by atoms with Gasteiger partial charge in [-0.1, -0.05) is 23.2 Å². The van der Waals surface area contributed by atoms with Crippen LogP contribution in [-0.2, 0) is 0 Å². The zero-order chi connectivity index (χ0) is 28.0. The number of nitrogens with zero attached hydrogens (tertiary/aromatic N) is 2. The van der Waals surface area contributed by atoms with Gasteiger partial charge in [0.25, 0.3) is 5.91 Å². The summed E-state index contributed by atoms with van der Waals surface area (Å²) >= 11 is 11.8. The van der Waals surface area contributed by atoms with Gasteiger partial charge in [-0.15, -0.1) is 0 Å². The van der Waals surface area contributed by atoms with Crippen LogP contribution in [0.25, 0.3) is 0 Å². The van der Waals surface area contributed by atoms with Crippen molar-refractivity contribution in [2.75, 3.05) is 17.3 Å². The standard InChI is InChI=1S/C25H22Cl2F5N5O/c1-37(20-8-6-17(28)7-9-20)22(13-21(33)25(30,31)32)35-24(34-19-11-16(27)10-18(29)12-19)36-23(38)14-2-4-15(26)5-3-14/h2-12,21-22H,13,33H2,1H3,(H2,34,35,36,38). The Bertz CT molecular complexity index is 1270. The molecule has 202 valence electrons. The largest absolute Gasteiger partial charge is 0.403 e. The van der Waals surface area contributed by atoms with Crippen molar-refractivity contribution in [1.82, 2.24) is 5.32 Å². The molecule has 0 saturated heterocycles. The molecule has 0 bridgehead atoms. The Hall–Kier alpha value is -3.41. The lowest BCUT2D eigenvalue weighted by molar-refractivity contribution is -0.149. The van der Waals surface area contributed by atoms with Gasteiger partial charge in [0, 0.05) is 40.5 Å². The van der Waals surface area contributed by atoms with Crippen LogP contribution in [0.15, 0.2) is 71.7 Å². The number of nitrogens with one attached hydrogen (secondary N) is 2. The third kappa shape index (κ3) is 8.30. The second-order valence-corrected chi connectivity index (χ2v) is 9.05. The molecule has 0 aliphatic carbocycles. The predicted octanol–water partition coefficient (Wildman–Crippen LogP) is 6.21. The van der Waals surface area contributed by atoms with Crippen LogP contribution in [-0.4, -0.2) is 37.3 Å². The first kappa shape index (κ1) is 29.2. The van der Waals surface area contributed by atoms with Crippen LogP contribution in [0.4, 0.5) is 33.3 Å². The summed E-state index contributed by atoms with van der Waals surface area (Å²) in [5, 5.41) is 5.57. The molecule has 0 saturated carbocycles. The van der Waals surface area contributed by atoms with E-state index in [1.165, 1.54) is 54.4 Å². The summed E-state index contributed by atoms with van der Waals surface area (Å²) in [5.74, 6) is -2.25. The van der Waals surface area contributed by atoms with Crippen molar-refractivity contribution in [2.24, 2.45) is 10.7 Å². The van der Waals surface area contributed by atoms with Crippen molar-refractivity contribution in [3.63, 3.8) is 0 Å². The first-order valence-corrected chi connectivity index (χ1v) is 11.8. The molecule has 1 amide bonds. The van der Waals surface area contributed by atoms with Crippen molar-refractivity contribution in [3.8, 4) is 0 Å². The lowest BCUT2D eigenvalue weighted by atomic mass is 10.1. The Labute approximate surface area is 225 Å². The van der Waals surface area contributed by atoms with E-state index in [2.05, 4.69) is 15.6 Å². The van der Waals surface area contributed by atoms with E-state index in [0.29, 0.717) is 10.7 Å². The number of carbonyl (C=O) groups is 1. The third-order valence-electron chi connectivity index (χ3n) is 5.31. The number of guanidine groups is 1. The smallest absolute Gasteiger partial charge is 0.353 e. The van der Waals surface area contributed by atoms with E-state index in [0.717, 1.165) is 24.3 Å². The van der Waals surface area contributed by atoms with Crippen LogP contribution in [0, 0.1) is 11.6 Å². The molecule has 0 aliphatic heterocycles. The van der Waals surface area contributed by atoms with Gasteiger partial charge in [-0.2, -0.15) is 13.2 Å². The zero-order valence-electron chi connectivity index (χ0n) is 19.7. The summed E-state index contributed by atoms with van der Waals surface area (Å²) in [6, 6.07) is 11.9. The maximum Gasteiger partial charge on any atom is 0.403 e. The molecule has 2 unspecified atom stereocenters. The number of hydrogen-bond acceptors (Lipinski definition) is 4. The van der Waals surface area contributed by atoms with E-state index in [-0.39, 0.29) is 22.2 Å². The molecule has 4 N–H and O–H groups in total. The number of alkyl halides is 3. The highest BCUT2D eigenvalue weighted by Gasteiger charge is 2.39. The number of aliphatic imine (C=N–C) groups is 1. The summed E-state index contributed by atoms with van der Waals surface area (Å²) in [4.78, 5) is 18.5. The second-order valence-electron chi connectivity index (χ2n) is 8.17. The van der Waals surface area contributed by atoms with Gasteiger partial charge < -0.3 is 16.0 Å². The summed E-state index contributed by atoms with van der Waals surface area (Å²) in [6.45, 7) is 0.